The minimum atomic E-state index is 0.615. The lowest BCUT2D eigenvalue weighted by Crippen LogP contribution is -2.35. The van der Waals surface area contributed by atoms with Gasteiger partial charge in [0.25, 0.3) is 0 Å². The third kappa shape index (κ3) is 3.04. The predicted octanol–water partition coefficient (Wildman–Crippen LogP) is 1.73. The van der Waals surface area contributed by atoms with Crippen molar-refractivity contribution in [3.05, 3.63) is 0 Å². The molecule has 0 radical (unpaired) electrons. The van der Waals surface area contributed by atoms with Gasteiger partial charge in [-0.25, -0.2) is 0 Å². The maximum Gasteiger partial charge on any atom is 0.0866 e. The molecule has 0 bridgehead atoms. The summed E-state index contributed by atoms with van der Waals surface area (Å²) in [7, 11) is 0. The van der Waals surface area contributed by atoms with Crippen LogP contribution in [0.3, 0.4) is 0 Å². The molecule has 0 aliphatic carbocycles. The Balaban J connectivity index is 2.16. The number of nitrogens with zero attached hydrogens (tertiary/aromatic N) is 2. The highest BCUT2D eigenvalue weighted by Crippen LogP contribution is 2.22. The van der Waals surface area contributed by atoms with Gasteiger partial charge in [-0.1, -0.05) is 6.92 Å². The number of rotatable bonds is 3. The molecule has 0 unspecified atom stereocenters. The van der Waals surface area contributed by atoms with E-state index in [1.54, 1.807) is 0 Å². The van der Waals surface area contributed by atoms with Crippen LogP contribution in [0.15, 0.2) is 0 Å². The molecular formula is C9H16N2S. The molecule has 1 saturated heterocycles. The quantitative estimate of drug-likeness (QED) is 0.625. The van der Waals surface area contributed by atoms with E-state index >= 15 is 0 Å². The van der Waals surface area contributed by atoms with E-state index in [1.165, 1.54) is 18.6 Å². The van der Waals surface area contributed by atoms with Crippen LogP contribution in [-0.2, 0) is 0 Å². The molecule has 0 aromatic carbocycles. The number of nitriles is 1. The number of likely N-dealkylation sites (tertiary alicyclic amines) is 1. The smallest absolute Gasteiger partial charge is 0.0866 e. The fourth-order valence-electron chi connectivity index (χ4n) is 1.57. The van der Waals surface area contributed by atoms with Gasteiger partial charge in [0, 0.05) is 18.3 Å². The summed E-state index contributed by atoms with van der Waals surface area (Å²) in [6.07, 6.45) is 2.53. The Bertz CT molecular complexity index is 156. The van der Waals surface area contributed by atoms with Gasteiger partial charge < -0.3 is 0 Å². The number of thioether (sulfide) groups is 1. The van der Waals surface area contributed by atoms with Crippen LogP contribution in [0, 0.1) is 11.3 Å². The number of hydrogen-bond acceptors (Lipinski definition) is 3. The van der Waals surface area contributed by atoms with Crippen molar-refractivity contribution in [3.63, 3.8) is 0 Å². The van der Waals surface area contributed by atoms with Crippen LogP contribution in [0.5, 0.6) is 0 Å². The molecule has 1 aliphatic rings. The van der Waals surface area contributed by atoms with Crippen LogP contribution in [-0.4, -0.2) is 35.5 Å². The molecule has 68 valence electrons. The summed E-state index contributed by atoms with van der Waals surface area (Å²) in [4.78, 5) is 2.24. The highest BCUT2D eigenvalue weighted by Gasteiger charge is 2.17. The van der Waals surface area contributed by atoms with E-state index in [0.717, 1.165) is 18.3 Å². The molecule has 3 heteroatoms. The average Bonchev–Trinajstić information content (AvgIpc) is 2.09. The Morgan fingerprint density at radius 2 is 2.17 bits per heavy atom. The van der Waals surface area contributed by atoms with Gasteiger partial charge in [0.1, 0.15) is 0 Å². The maximum atomic E-state index is 8.49. The zero-order valence-corrected chi connectivity index (χ0v) is 8.44. The molecule has 0 aromatic rings. The van der Waals surface area contributed by atoms with Gasteiger partial charge in [0.2, 0.25) is 0 Å². The molecule has 0 atom stereocenters. The van der Waals surface area contributed by atoms with Crippen molar-refractivity contribution in [2.75, 3.05) is 25.4 Å². The lowest BCUT2D eigenvalue weighted by atomic mass is 10.1. The zero-order chi connectivity index (χ0) is 8.81. The summed E-state index contributed by atoms with van der Waals surface area (Å²) < 4.78 is 0. The van der Waals surface area contributed by atoms with Crippen molar-refractivity contribution in [3.8, 4) is 6.07 Å². The molecule has 0 aromatic heterocycles. The fourth-order valence-corrected chi connectivity index (χ4v) is 2.59. The van der Waals surface area contributed by atoms with Gasteiger partial charge in [-0.2, -0.15) is 17.0 Å². The second kappa shape index (κ2) is 5.45. The molecule has 0 N–H and O–H groups in total. The van der Waals surface area contributed by atoms with Gasteiger partial charge in [-0.3, -0.25) is 4.90 Å². The van der Waals surface area contributed by atoms with Gasteiger partial charge in [0.15, 0.2) is 0 Å². The van der Waals surface area contributed by atoms with Crippen LogP contribution in [0.25, 0.3) is 0 Å². The summed E-state index contributed by atoms with van der Waals surface area (Å²) in [5.41, 5.74) is 0. The maximum absolute atomic E-state index is 8.49. The Kier molecular flexibility index (Phi) is 4.49. The molecule has 0 spiro atoms. The lowest BCUT2D eigenvalue weighted by molar-refractivity contribution is 0.259. The first kappa shape index (κ1) is 9.88. The SMILES string of the molecule is CCSC1CCN(CC#N)CC1. The van der Waals surface area contributed by atoms with Crippen LogP contribution in [0.1, 0.15) is 19.8 Å². The average molecular weight is 184 g/mol. The summed E-state index contributed by atoms with van der Waals surface area (Å²) >= 11 is 2.06. The first-order chi connectivity index (χ1) is 5.86. The Morgan fingerprint density at radius 3 is 2.67 bits per heavy atom. The van der Waals surface area contributed by atoms with E-state index in [1.807, 2.05) is 0 Å². The largest absolute Gasteiger partial charge is 0.291 e. The van der Waals surface area contributed by atoms with Crippen molar-refractivity contribution in [1.82, 2.24) is 4.90 Å². The minimum absolute atomic E-state index is 0.615. The summed E-state index contributed by atoms with van der Waals surface area (Å²) in [6, 6.07) is 2.20. The number of hydrogen-bond donors (Lipinski definition) is 0. The molecule has 2 nitrogen and oxygen atoms in total. The van der Waals surface area contributed by atoms with Crippen molar-refractivity contribution < 1.29 is 0 Å². The Morgan fingerprint density at radius 1 is 1.50 bits per heavy atom. The Hall–Kier alpha value is -0.200. The van der Waals surface area contributed by atoms with E-state index in [0.29, 0.717) is 6.54 Å². The van der Waals surface area contributed by atoms with E-state index in [4.69, 9.17) is 5.26 Å². The van der Waals surface area contributed by atoms with E-state index in [9.17, 15) is 0 Å². The minimum Gasteiger partial charge on any atom is -0.291 e. The summed E-state index contributed by atoms with van der Waals surface area (Å²) in [5.74, 6) is 1.23. The standard InChI is InChI=1S/C9H16N2S/c1-2-12-9-3-6-11(7-4-9)8-5-10/h9H,2-4,6-8H2,1H3. The monoisotopic (exact) mass is 184 g/mol. The molecule has 1 heterocycles. The molecule has 0 saturated carbocycles. The van der Waals surface area contributed by atoms with Crippen LogP contribution >= 0.6 is 11.8 Å². The van der Waals surface area contributed by atoms with Gasteiger partial charge in [0.05, 0.1) is 12.6 Å². The predicted molar refractivity (Wildman–Crippen MR) is 53.2 cm³/mol. The second-order valence-corrected chi connectivity index (χ2v) is 4.67. The van der Waals surface area contributed by atoms with Crippen molar-refractivity contribution >= 4 is 11.8 Å². The van der Waals surface area contributed by atoms with E-state index < -0.39 is 0 Å². The van der Waals surface area contributed by atoms with Crippen molar-refractivity contribution in [1.29, 1.82) is 5.26 Å². The van der Waals surface area contributed by atoms with Crippen LogP contribution in [0.4, 0.5) is 0 Å². The highest BCUT2D eigenvalue weighted by atomic mass is 32.2. The summed E-state index contributed by atoms with van der Waals surface area (Å²) in [5, 5.41) is 9.34. The van der Waals surface area contributed by atoms with Gasteiger partial charge in [-0.15, -0.1) is 0 Å². The summed E-state index contributed by atoms with van der Waals surface area (Å²) in [6.45, 7) is 5.06. The third-order valence-corrected chi connectivity index (χ3v) is 3.51. The molecule has 1 rings (SSSR count). The van der Waals surface area contributed by atoms with Crippen LogP contribution in [0.2, 0.25) is 0 Å². The number of piperidine rings is 1. The molecule has 1 fully saturated rings. The fraction of sp³-hybridized carbons (Fsp3) is 0.889. The molecular weight excluding hydrogens is 168 g/mol. The van der Waals surface area contributed by atoms with E-state index in [-0.39, 0.29) is 0 Å². The zero-order valence-electron chi connectivity index (χ0n) is 7.62. The van der Waals surface area contributed by atoms with E-state index in [2.05, 4.69) is 29.7 Å². The first-order valence-electron chi connectivity index (χ1n) is 4.57. The first-order valence-corrected chi connectivity index (χ1v) is 5.62. The van der Waals surface area contributed by atoms with Gasteiger partial charge in [-0.05, 0) is 18.6 Å². The Labute approximate surface area is 78.9 Å². The molecule has 1 aliphatic heterocycles. The van der Waals surface area contributed by atoms with Crippen molar-refractivity contribution in [2.24, 2.45) is 0 Å². The normalized spacial score (nSPS) is 20.7. The molecule has 0 amide bonds. The molecule has 12 heavy (non-hydrogen) atoms. The third-order valence-electron chi connectivity index (χ3n) is 2.23. The van der Waals surface area contributed by atoms with Crippen LogP contribution < -0.4 is 0 Å². The van der Waals surface area contributed by atoms with Gasteiger partial charge >= 0.3 is 0 Å². The van der Waals surface area contributed by atoms with Crippen molar-refractivity contribution in [2.45, 2.75) is 25.0 Å². The highest BCUT2D eigenvalue weighted by molar-refractivity contribution is 7.99. The second-order valence-electron chi connectivity index (χ2n) is 3.09. The lowest BCUT2D eigenvalue weighted by Gasteiger charge is -2.29. The topological polar surface area (TPSA) is 27.0 Å².